The van der Waals surface area contributed by atoms with E-state index < -0.39 is 0 Å². The quantitative estimate of drug-likeness (QED) is 0.927. The first-order chi connectivity index (χ1) is 11.3. The predicted molar refractivity (Wildman–Crippen MR) is 88.2 cm³/mol. The molecule has 2 aliphatic heterocycles. The first-order valence-corrected chi connectivity index (χ1v) is 8.62. The highest BCUT2D eigenvalue weighted by Crippen LogP contribution is 2.29. The zero-order chi connectivity index (χ0) is 15.6. The van der Waals surface area contributed by atoms with Gasteiger partial charge in [0.1, 0.15) is 5.82 Å². The third-order valence-electron chi connectivity index (χ3n) is 5.17. The highest BCUT2D eigenvalue weighted by atomic mass is 16.5. The molecule has 2 fully saturated rings. The van der Waals surface area contributed by atoms with Gasteiger partial charge in [-0.1, -0.05) is 12.1 Å². The topological polar surface area (TPSA) is 58.2 Å². The smallest absolute Gasteiger partial charge is 0.225 e. The Morgan fingerprint density at radius 1 is 1.13 bits per heavy atom. The number of fused-ring (bicyclic) bond motifs is 1. The number of H-pyrrole nitrogens is 1. The molecule has 2 saturated heterocycles. The minimum absolute atomic E-state index is 0.173. The molecule has 0 unspecified atom stereocenters. The Balaban J connectivity index is 1.39. The predicted octanol–water partition coefficient (Wildman–Crippen LogP) is 2.70. The molecule has 0 saturated carbocycles. The summed E-state index contributed by atoms with van der Waals surface area (Å²) in [5.41, 5.74) is 2.13. The molecule has 0 bridgehead atoms. The van der Waals surface area contributed by atoms with E-state index in [1.807, 2.05) is 18.2 Å². The number of nitrogens with one attached hydrogen (secondary N) is 1. The number of hydrogen-bond donors (Lipinski definition) is 1. The Hall–Kier alpha value is -1.88. The van der Waals surface area contributed by atoms with Gasteiger partial charge in [-0.15, -0.1) is 0 Å². The van der Waals surface area contributed by atoms with Gasteiger partial charge in [0.25, 0.3) is 0 Å². The van der Waals surface area contributed by atoms with Crippen molar-refractivity contribution in [3.8, 4) is 0 Å². The molecular weight excluding hydrogens is 290 g/mol. The van der Waals surface area contributed by atoms with E-state index >= 15 is 0 Å². The van der Waals surface area contributed by atoms with Crippen LogP contribution < -0.4 is 0 Å². The molecule has 2 aliphatic rings. The minimum atomic E-state index is 0.173. The standard InChI is InChI=1S/C18H23N3O2/c22-18(14-7-11-23-12-8-14)21-9-5-13(6-10-21)17-19-15-3-1-2-4-16(15)20-17/h1-4,13-14H,5-12H2,(H,19,20). The van der Waals surface area contributed by atoms with Crippen LogP contribution in [-0.4, -0.2) is 47.1 Å². The summed E-state index contributed by atoms with van der Waals surface area (Å²) < 4.78 is 5.36. The van der Waals surface area contributed by atoms with Crippen LogP contribution in [0.25, 0.3) is 11.0 Å². The molecule has 3 heterocycles. The number of para-hydroxylation sites is 2. The largest absolute Gasteiger partial charge is 0.381 e. The summed E-state index contributed by atoms with van der Waals surface area (Å²) in [7, 11) is 0. The van der Waals surface area contributed by atoms with E-state index in [1.54, 1.807) is 0 Å². The first kappa shape index (κ1) is 14.7. The van der Waals surface area contributed by atoms with E-state index in [0.717, 1.165) is 68.8 Å². The molecule has 2 aromatic rings. The number of ether oxygens (including phenoxy) is 1. The van der Waals surface area contributed by atoms with Gasteiger partial charge < -0.3 is 14.6 Å². The monoisotopic (exact) mass is 313 g/mol. The third-order valence-corrected chi connectivity index (χ3v) is 5.17. The SMILES string of the molecule is O=C(C1CCOCC1)N1CCC(c2nc3ccccc3[nH]2)CC1. The Bertz CT molecular complexity index is 649. The number of amides is 1. The summed E-state index contributed by atoms with van der Waals surface area (Å²) in [4.78, 5) is 22.8. The molecule has 1 aromatic carbocycles. The van der Waals surface area contributed by atoms with E-state index in [9.17, 15) is 4.79 Å². The van der Waals surface area contributed by atoms with Crippen molar-refractivity contribution in [2.75, 3.05) is 26.3 Å². The van der Waals surface area contributed by atoms with Crippen molar-refractivity contribution in [3.05, 3.63) is 30.1 Å². The van der Waals surface area contributed by atoms with Crippen molar-refractivity contribution in [2.24, 2.45) is 5.92 Å². The zero-order valence-electron chi connectivity index (χ0n) is 13.3. The lowest BCUT2D eigenvalue weighted by Gasteiger charge is -2.34. The summed E-state index contributed by atoms with van der Waals surface area (Å²) >= 11 is 0. The fourth-order valence-electron chi connectivity index (χ4n) is 3.74. The number of imidazole rings is 1. The first-order valence-electron chi connectivity index (χ1n) is 8.62. The molecule has 23 heavy (non-hydrogen) atoms. The Morgan fingerprint density at radius 3 is 2.61 bits per heavy atom. The summed E-state index contributed by atoms with van der Waals surface area (Å²) in [6.07, 6.45) is 3.74. The van der Waals surface area contributed by atoms with Crippen LogP contribution in [0.15, 0.2) is 24.3 Å². The summed E-state index contributed by atoms with van der Waals surface area (Å²) in [6, 6.07) is 8.15. The number of benzene rings is 1. The molecular formula is C18H23N3O2. The average molecular weight is 313 g/mol. The lowest BCUT2D eigenvalue weighted by molar-refractivity contribution is -0.139. The van der Waals surface area contributed by atoms with Crippen LogP contribution in [0.3, 0.4) is 0 Å². The molecule has 5 nitrogen and oxygen atoms in total. The minimum Gasteiger partial charge on any atom is -0.381 e. The Morgan fingerprint density at radius 2 is 1.87 bits per heavy atom. The molecule has 0 atom stereocenters. The Kier molecular flexibility index (Phi) is 4.04. The second-order valence-electron chi connectivity index (χ2n) is 6.63. The fraction of sp³-hybridized carbons (Fsp3) is 0.556. The molecule has 0 radical (unpaired) electrons. The van der Waals surface area contributed by atoms with E-state index in [2.05, 4.69) is 16.0 Å². The van der Waals surface area contributed by atoms with Crippen molar-refractivity contribution in [1.29, 1.82) is 0 Å². The molecule has 0 spiro atoms. The lowest BCUT2D eigenvalue weighted by atomic mass is 9.93. The van der Waals surface area contributed by atoms with Gasteiger partial charge >= 0.3 is 0 Å². The van der Waals surface area contributed by atoms with Crippen molar-refractivity contribution in [1.82, 2.24) is 14.9 Å². The molecule has 122 valence electrons. The normalized spacial score (nSPS) is 21.0. The van der Waals surface area contributed by atoms with Crippen LogP contribution in [0.1, 0.15) is 37.4 Å². The van der Waals surface area contributed by atoms with Crippen molar-refractivity contribution < 1.29 is 9.53 Å². The number of likely N-dealkylation sites (tertiary alicyclic amines) is 1. The van der Waals surface area contributed by atoms with Gasteiger partial charge in [-0.2, -0.15) is 0 Å². The number of aromatic amines is 1. The summed E-state index contributed by atoms with van der Waals surface area (Å²) in [5.74, 6) is 2.01. The van der Waals surface area contributed by atoms with Crippen LogP contribution in [0.4, 0.5) is 0 Å². The van der Waals surface area contributed by atoms with Crippen molar-refractivity contribution >= 4 is 16.9 Å². The van der Waals surface area contributed by atoms with E-state index in [-0.39, 0.29) is 5.92 Å². The van der Waals surface area contributed by atoms with Gasteiger partial charge in [0.15, 0.2) is 0 Å². The van der Waals surface area contributed by atoms with Crippen LogP contribution in [-0.2, 0) is 9.53 Å². The van der Waals surface area contributed by atoms with Crippen LogP contribution in [0.2, 0.25) is 0 Å². The molecule has 5 heteroatoms. The van der Waals surface area contributed by atoms with Gasteiger partial charge in [0.2, 0.25) is 5.91 Å². The second-order valence-corrected chi connectivity index (χ2v) is 6.63. The van der Waals surface area contributed by atoms with Crippen LogP contribution in [0, 0.1) is 5.92 Å². The molecule has 1 aromatic heterocycles. The van der Waals surface area contributed by atoms with Crippen LogP contribution in [0.5, 0.6) is 0 Å². The van der Waals surface area contributed by atoms with Crippen molar-refractivity contribution in [3.63, 3.8) is 0 Å². The summed E-state index contributed by atoms with van der Waals surface area (Å²) in [5, 5.41) is 0. The highest BCUT2D eigenvalue weighted by Gasteiger charge is 2.30. The lowest BCUT2D eigenvalue weighted by Crippen LogP contribution is -2.42. The average Bonchev–Trinajstić information content (AvgIpc) is 3.06. The van der Waals surface area contributed by atoms with Gasteiger partial charge in [-0.3, -0.25) is 4.79 Å². The second kappa shape index (κ2) is 6.32. The van der Waals surface area contributed by atoms with Crippen molar-refractivity contribution in [2.45, 2.75) is 31.6 Å². The molecule has 4 rings (SSSR count). The van der Waals surface area contributed by atoms with Gasteiger partial charge in [-0.05, 0) is 37.8 Å². The van der Waals surface area contributed by atoms with E-state index in [1.165, 1.54) is 0 Å². The highest BCUT2D eigenvalue weighted by molar-refractivity contribution is 5.79. The van der Waals surface area contributed by atoms with Crippen LogP contribution >= 0.6 is 0 Å². The summed E-state index contributed by atoms with van der Waals surface area (Å²) in [6.45, 7) is 3.15. The number of carbonyl (C=O) groups excluding carboxylic acids is 1. The zero-order valence-corrected chi connectivity index (χ0v) is 13.3. The van der Waals surface area contributed by atoms with Gasteiger partial charge in [-0.25, -0.2) is 4.98 Å². The number of aromatic nitrogens is 2. The number of piperidine rings is 1. The number of nitrogens with zero attached hydrogens (tertiary/aromatic N) is 2. The van der Waals surface area contributed by atoms with E-state index in [4.69, 9.17) is 9.72 Å². The third kappa shape index (κ3) is 2.98. The number of hydrogen-bond acceptors (Lipinski definition) is 3. The maximum absolute atomic E-state index is 12.6. The molecule has 0 aliphatic carbocycles. The van der Waals surface area contributed by atoms with E-state index in [0.29, 0.717) is 11.8 Å². The van der Waals surface area contributed by atoms with Gasteiger partial charge in [0, 0.05) is 38.1 Å². The maximum atomic E-state index is 12.6. The maximum Gasteiger partial charge on any atom is 0.225 e. The number of rotatable bonds is 2. The molecule has 1 amide bonds. The number of carbonyl (C=O) groups is 1. The Labute approximate surface area is 136 Å². The fourth-order valence-corrected chi connectivity index (χ4v) is 3.74. The molecule has 1 N–H and O–H groups in total. The van der Waals surface area contributed by atoms with Gasteiger partial charge in [0.05, 0.1) is 11.0 Å².